The van der Waals surface area contributed by atoms with Crippen LogP contribution in [0.25, 0.3) is 0 Å². The van der Waals surface area contributed by atoms with E-state index in [0.717, 1.165) is 13.1 Å². The van der Waals surface area contributed by atoms with E-state index in [4.69, 9.17) is 5.11 Å². The lowest BCUT2D eigenvalue weighted by molar-refractivity contribution is 0.234. The predicted molar refractivity (Wildman–Crippen MR) is 52.1 cm³/mol. The molecule has 0 radical (unpaired) electrons. The standard InChI is InChI=1S/C8H19NOS/c1-8(7-10)6-9-4-3-5-11-2/h8-10H,3-7H2,1-2H3. The summed E-state index contributed by atoms with van der Waals surface area (Å²) in [5, 5.41) is 12.0. The lowest BCUT2D eigenvalue weighted by Gasteiger charge is -2.08. The van der Waals surface area contributed by atoms with Crippen molar-refractivity contribution in [3.8, 4) is 0 Å². The molecule has 0 aliphatic rings. The number of hydrogen-bond acceptors (Lipinski definition) is 3. The fourth-order valence-electron chi connectivity index (χ4n) is 0.755. The molecule has 0 aliphatic heterocycles. The van der Waals surface area contributed by atoms with Gasteiger partial charge < -0.3 is 10.4 Å². The summed E-state index contributed by atoms with van der Waals surface area (Å²) in [6.07, 6.45) is 3.34. The first-order valence-electron chi connectivity index (χ1n) is 4.11. The Hall–Kier alpha value is 0.270. The third-order valence-electron chi connectivity index (χ3n) is 1.51. The molecule has 0 heterocycles. The molecule has 2 nitrogen and oxygen atoms in total. The molecule has 0 aromatic rings. The zero-order chi connectivity index (χ0) is 8.53. The van der Waals surface area contributed by atoms with Gasteiger partial charge >= 0.3 is 0 Å². The quantitative estimate of drug-likeness (QED) is 0.568. The first kappa shape index (κ1) is 11.3. The number of hydrogen-bond donors (Lipinski definition) is 2. The average Bonchev–Trinajstić information content (AvgIpc) is 2.04. The molecule has 0 amide bonds. The largest absolute Gasteiger partial charge is 0.396 e. The van der Waals surface area contributed by atoms with E-state index in [1.54, 1.807) is 0 Å². The highest BCUT2D eigenvalue weighted by molar-refractivity contribution is 7.98. The Kier molecular flexibility index (Phi) is 8.57. The summed E-state index contributed by atoms with van der Waals surface area (Å²) in [5.74, 6) is 1.62. The van der Waals surface area contributed by atoms with Crippen molar-refractivity contribution >= 4 is 11.8 Å². The normalized spacial score (nSPS) is 13.4. The van der Waals surface area contributed by atoms with E-state index in [1.807, 2.05) is 18.7 Å². The second-order valence-electron chi connectivity index (χ2n) is 2.84. The molecule has 2 N–H and O–H groups in total. The second kappa shape index (κ2) is 8.37. The highest BCUT2D eigenvalue weighted by atomic mass is 32.2. The SMILES string of the molecule is CSCCCNCC(C)CO. The van der Waals surface area contributed by atoms with Crippen LogP contribution in [0.15, 0.2) is 0 Å². The molecule has 0 saturated carbocycles. The summed E-state index contributed by atoms with van der Waals surface area (Å²) >= 11 is 1.88. The molecule has 0 saturated heterocycles. The maximum Gasteiger partial charge on any atom is 0.0468 e. The Morgan fingerprint density at radius 2 is 2.27 bits per heavy atom. The maximum atomic E-state index is 8.69. The van der Waals surface area contributed by atoms with E-state index in [2.05, 4.69) is 11.6 Å². The molecule has 0 bridgehead atoms. The van der Waals surface area contributed by atoms with Crippen LogP contribution < -0.4 is 5.32 Å². The van der Waals surface area contributed by atoms with Crippen molar-refractivity contribution in [2.24, 2.45) is 5.92 Å². The van der Waals surface area contributed by atoms with Crippen LogP contribution in [0.4, 0.5) is 0 Å². The van der Waals surface area contributed by atoms with E-state index in [1.165, 1.54) is 12.2 Å². The minimum atomic E-state index is 0.287. The Balaban J connectivity index is 2.89. The molecule has 0 rings (SSSR count). The molecule has 1 unspecified atom stereocenters. The van der Waals surface area contributed by atoms with E-state index >= 15 is 0 Å². The van der Waals surface area contributed by atoms with Crippen LogP contribution in [0.3, 0.4) is 0 Å². The van der Waals surface area contributed by atoms with Gasteiger partial charge in [-0.3, -0.25) is 0 Å². The Labute approximate surface area is 73.8 Å². The topological polar surface area (TPSA) is 32.3 Å². The molecular weight excluding hydrogens is 158 g/mol. The van der Waals surface area contributed by atoms with Crippen molar-refractivity contribution < 1.29 is 5.11 Å². The van der Waals surface area contributed by atoms with Crippen LogP contribution in [0.2, 0.25) is 0 Å². The summed E-state index contributed by atoms with van der Waals surface area (Å²) in [4.78, 5) is 0. The summed E-state index contributed by atoms with van der Waals surface area (Å²) < 4.78 is 0. The van der Waals surface area contributed by atoms with Crippen LogP contribution in [0.1, 0.15) is 13.3 Å². The summed E-state index contributed by atoms with van der Waals surface area (Å²) in [6.45, 7) is 4.34. The zero-order valence-electron chi connectivity index (χ0n) is 7.47. The van der Waals surface area contributed by atoms with Gasteiger partial charge in [0, 0.05) is 6.61 Å². The molecule has 1 atom stereocenters. The van der Waals surface area contributed by atoms with Crippen molar-refractivity contribution in [3.05, 3.63) is 0 Å². The number of aliphatic hydroxyl groups excluding tert-OH is 1. The average molecular weight is 177 g/mol. The molecule has 68 valence electrons. The third-order valence-corrected chi connectivity index (χ3v) is 2.20. The Bertz CT molecular complexity index is 80.5. The second-order valence-corrected chi connectivity index (χ2v) is 3.82. The van der Waals surface area contributed by atoms with Gasteiger partial charge in [0.15, 0.2) is 0 Å². The molecule has 0 aromatic heterocycles. The van der Waals surface area contributed by atoms with Gasteiger partial charge in [-0.2, -0.15) is 11.8 Å². The van der Waals surface area contributed by atoms with Crippen LogP contribution >= 0.6 is 11.8 Å². The molecule has 0 aromatic carbocycles. The van der Waals surface area contributed by atoms with Crippen molar-refractivity contribution in [3.63, 3.8) is 0 Å². The van der Waals surface area contributed by atoms with Crippen molar-refractivity contribution in [2.45, 2.75) is 13.3 Å². The molecular formula is C8H19NOS. The minimum Gasteiger partial charge on any atom is -0.396 e. The predicted octanol–water partition coefficient (Wildman–Crippen LogP) is 0.957. The van der Waals surface area contributed by atoms with Crippen molar-refractivity contribution in [2.75, 3.05) is 31.7 Å². The molecule has 0 fully saturated rings. The fraction of sp³-hybridized carbons (Fsp3) is 1.00. The van der Waals surface area contributed by atoms with Gasteiger partial charge in [-0.25, -0.2) is 0 Å². The lowest BCUT2D eigenvalue weighted by atomic mass is 10.2. The summed E-state index contributed by atoms with van der Waals surface area (Å²) in [7, 11) is 0. The molecule has 11 heavy (non-hydrogen) atoms. The first-order valence-corrected chi connectivity index (χ1v) is 5.51. The highest BCUT2D eigenvalue weighted by Crippen LogP contribution is 1.94. The van der Waals surface area contributed by atoms with Crippen LogP contribution in [0, 0.1) is 5.92 Å². The van der Waals surface area contributed by atoms with E-state index in [0.29, 0.717) is 5.92 Å². The zero-order valence-corrected chi connectivity index (χ0v) is 8.28. The van der Waals surface area contributed by atoms with Gasteiger partial charge in [-0.05, 0) is 37.4 Å². The van der Waals surface area contributed by atoms with Crippen molar-refractivity contribution in [1.82, 2.24) is 5.32 Å². The first-order chi connectivity index (χ1) is 5.31. The summed E-state index contributed by atoms with van der Waals surface area (Å²) in [6, 6.07) is 0. The van der Waals surface area contributed by atoms with Gasteiger partial charge in [0.2, 0.25) is 0 Å². The minimum absolute atomic E-state index is 0.287. The maximum absolute atomic E-state index is 8.69. The van der Waals surface area contributed by atoms with Gasteiger partial charge in [0.25, 0.3) is 0 Å². The third kappa shape index (κ3) is 8.17. The van der Waals surface area contributed by atoms with Gasteiger partial charge in [0.05, 0.1) is 0 Å². The number of nitrogens with one attached hydrogen (secondary N) is 1. The smallest absolute Gasteiger partial charge is 0.0468 e. The lowest BCUT2D eigenvalue weighted by Crippen LogP contribution is -2.24. The van der Waals surface area contributed by atoms with Crippen LogP contribution in [0.5, 0.6) is 0 Å². The Morgan fingerprint density at radius 3 is 2.82 bits per heavy atom. The van der Waals surface area contributed by atoms with Gasteiger partial charge in [0.1, 0.15) is 0 Å². The Morgan fingerprint density at radius 1 is 1.55 bits per heavy atom. The number of thioether (sulfide) groups is 1. The fourth-order valence-corrected chi connectivity index (χ4v) is 1.19. The van der Waals surface area contributed by atoms with Gasteiger partial charge in [-0.1, -0.05) is 6.92 Å². The van der Waals surface area contributed by atoms with Crippen LogP contribution in [-0.2, 0) is 0 Å². The number of aliphatic hydroxyl groups is 1. The van der Waals surface area contributed by atoms with E-state index < -0.39 is 0 Å². The van der Waals surface area contributed by atoms with E-state index in [-0.39, 0.29) is 6.61 Å². The van der Waals surface area contributed by atoms with E-state index in [9.17, 15) is 0 Å². The molecule has 0 spiro atoms. The van der Waals surface area contributed by atoms with Crippen LogP contribution in [-0.4, -0.2) is 36.8 Å². The highest BCUT2D eigenvalue weighted by Gasteiger charge is 1.96. The van der Waals surface area contributed by atoms with Crippen molar-refractivity contribution in [1.29, 1.82) is 0 Å². The summed E-state index contributed by atoms with van der Waals surface area (Å²) in [5.41, 5.74) is 0. The number of rotatable bonds is 7. The molecule has 3 heteroatoms. The van der Waals surface area contributed by atoms with Gasteiger partial charge in [-0.15, -0.1) is 0 Å². The monoisotopic (exact) mass is 177 g/mol. The molecule has 0 aliphatic carbocycles.